The number of methoxy groups -OCH3 is 1. The van der Waals surface area contributed by atoms with E-state index < -0.39 is 6.10 Å². The molecule has 2 amide bonds. The molecule has 3 fully saturated rings. The summed E-state index contributed by atoms with van der Waals surface area (Å²) >= 11 is 0. The van der Waals surface area contributed by atoms with Crippen LogP contribution in [-0.2, 0) is 16.0 Å². The van der Waals surface area contributed by atoms with Gasteiger partial charge in [0.05, 0.1) is 6.61 Å². The topological polar surface area (TPSA) is 71.1 Å². The number of hydrogen-bond acceptors (Lipinski definition) is 5. The normalized spacial score (nSPS) is 24.9. The number of piperidine rings is 3. The van der Waals surface area contributed by atoms with Crippen LogP contribution in [0.1, 0.15) is 28.8 Å². The molecule has 0 aliphatic carbocycles. The van der Waals surface area contributed by atoms with Crippen LogP contribution in [0.3, 0.4) is 0 Å². The first kappa shape index (κ1) is 22.9. The van der Waals surface area contributed by atoms with Gasteiger partial charge in [0.2, 0.25) is 0 Å². The fourth-order valence-electron chi connectivity index (χ4n) is 5.42. The summed E-state index contributed by atoms with van der Waals surface area (Å²) in [5.41, 5.74) is 3.45. The van der Waals surface area contributed by atoms with Crippen LogP contribution in [-0.4, -0.2) is 80.7 Å². The summed E-state index contributed by atoms with van der Waals surface area (Å²) in [5.74, 6) is 1.25. The molecular weight excluding hydrogens is 430 g/mol. The van der Waals surface area contributed by atoms with Crippen molar-refractivity contribution in [3.8, 4) is 16.9 Å². The minimum absolute atomic E-state index is 0.0235. The van der Waals surface area contributed by atoms with Gasteiger partial charge in [-0.3, -0.25) is 9.59 Å². The van der Waals surface area contributed by atoms with E-state index in [4.69, 9.17) is 9.47 Å². The highest BCUT2D eigenvalue weighted by Crippen LogP contribution is 2.39. The van der Waals surface area contributed by atoms with Gasteiger partial charge in [-0.15, -0.1) is 0 Å². The van der Waals surface area contributed by atoms with Gasteiger partial charge in [-0.1, -0.05) is 30.3 Å². The van der Waals surface area contributed by atoms with Gasteiger partial charge in [0.25, 0.3) is 11.8 Å². The number of benzene rings is 2. The molecule has 1 N–H and O–H groups in total. The first-order valence-corrected chi connectivity index (χ1v) is 12.2. The van der Waals surface area contributed by atoms with Crippen molar-refractivity contribution in [2.24, 2.45) is 5.92 Å². The Morgan fingerprint density at radius 1 is 1.18 bits per heavy atom. The van der Waals surface area contributed by atoms with Gasteiger partial charge in [-0.25, -0.2) is 0 Å². The minimum Gasteiger partial charge on any atom is -0.479 e. The Bertz CT molecular complexity index is 1060. The second-order valence-electron chi connectivity index (χ2n) is 9.66. The van der Waals surface area contributed by atoms with E-state index in [1.807, 2.05) is 42.5 Å². The third kappa shape index (κ3) is 4.55. The smallest absolute Gasteiger partial charge is 0.261 e. The van der Waals surface area contributed by atoms with Gasteiger partial charge in [0.1, 0.15) is 5.75 Å². The SMILES string of the molecule is COCCN(C)C(=O)c1cccc(-c2cccc3c2OC(C(=O)N[C@@H]2CN4CCC2CC4)C3)c1. The third-order valence-corrected chi connectivity index (χ3v) is 7.44. The summed E-state index contributed by atoms with van der Waals surface area (Å²) in [7, 11) is 3.40. The van der Waals surface area contributed by atoms with Gasteiger partial charge in [-0.05, 0) is 55.1 Å². The van der Waals surface area contributed by atoms with Gasteiger partial charge in [0.15, 0.2) is 6.10 Å². The summed E-state index contributed by atoms with van der Waals surface area (Å²) < 4.78 is 11.3. The second kappa shape index (κ2) is 9.76. The zero-order chi connectivity index (χ0) is 23.7. The van der Waals surface area contributed by atoms with E-state index in [1.54, 1.807) is 19.1 Å². The quantitative estimate of drug-likeness (QED) is 0.684. The maximum Gasteiger partial charge on any atom is 0.261 e. The lowest BCUT2D eigenvalue weighted by Crippen LogP contribution is -2.58. The van der Waals surface area contributed by atoms with Crippen molar-refractivity contribution in [3.05, 3.63) is 53.6 Å². The van der Waals surface area contributed by atoms with Crippen molar-refractivity contribution in [1.29, 1.82) is 0 Å². The van der Waals surface area contributed by atoms with Crippen molar-refractivity contribution in [1.82, 2.24) is 15.1 Å². The van der Waals surface area contributed by atoms with E-state index in [-0.39, 0.29) is 17.9 Å². The van der Waals surface area contributed by atoms with Crippen LogP contribution in [0, 0.1) is 5.92 Å². The number of ether oxygens (including phenoxy) is 2. The summed E-state index contributed by atoms with van der Waals surface area (Å²) in [6, 6.07) is 13.8. The van der Waals surface area contributed by atoms with E-state index in [0.717, 1.165) is 54.9 Å². The maximum absolute atomic E-state index is 13.1. The zero-order valence-corrected chi connectivity index (χ0v) is 20.0. The van der Waals surface area contributed by atoms with Crippen molar-refractivity contribution in [3.63, 3.8) is 0 Å². The maximum atomic E-state index is 13.1. The molecule has 6 rings (SSSR count). The second-order valence-corrected chi connectivity index (χ2v) is 9.66. The molecular formula is C27H33N3O4. The van der Waals surface area contributed by atoms with Gasteiger partial charge < -0.3 is 24.6 Å². The van der Waals surface area contributed by atoms with Crippen molar-refractivity contribution in [2.75, 3.05) is 46.9 Å². The van der Waals surface area contributed by atoms with Crippen LogP contribution in [0.5, 0.6) is 5.75 Å². The molecule has 34 heavy (non-hydrogen) atoms. The molecule has 4 aliphatic heterocycles. The molecule has 0 spiro atoms. The molecule has 4 heterocycles. The molecule has 2 aromatic carbocycles. The van der Waals surface area contributed by atoms with Gasteiger partial charge >= 0.3 is 0 Å². The largest absolute Gasteiger partial charge is 0.479 e. The number of rotatable bonds is 7. The average Bonchev–Trinajstić information content (AvgIpc) is 3.32. The number of fused-ring (bicyclic) bond motifs is 4. The lowest BCUT2D eigenvalue weighted by molar-refractivity contribution is -0.129. The summed E-state index contributed by atoms with van der Waals surface area (Å²) in [6.07, 6.45) is 2.37. The number of nitrogens with one attached hydrogen (secondary N) is 1. The van der Waals surface area contributed by atoms with E-state index in [1.165, 1.54) is 0 Å². The first-order valence-electron chi connectivity index (χ1n) is 12.2. The highest BCUT2D eigenvalue weighted by Gasteiger charge is 2.38. The Balaban J connectivity index is 1.31. The van der Waals surface area contributed by atoms with Gasteiger partial charge in [0, 0.05) is 50.8 Å². The molecule has 3 saturated heterocycles. The molecule has 2 bridgehead atoms. The number of carbonyl (C=O) groups is 2. The van der Waals surface area contributed by atoms with Crippen LogP contribution in [0.4, 0.5) is 0 Å². The Morgan fingerprint density at radius 3 is 2.71 bits per heavy atom. The van der Waals surface area contributed by atoms with Crippen LogP contribution in [0.2, 0.25) is 0 Å². The standard InChI is InChI=1S/C27H33N3O4/c1-29(13-14-33-2)27(32)21-7-3-5-19(15-21)22-8-4-6-20-16-24(34-25(20)22)26(31)28-23-17-30-11-9-18(23)10-12-30/h3-8,15,18,23-24H,9-14,16-17H2,1-2H3,(H,28,31)/t23-,24?/m1/s1. The minimum atomic E-state index is -0.517. The zero-order valence-electron chi connectivity index (χ0n) is 20.0. The molecule has 7 nitrogen and oxygen atoms in total. The Labute approximate surface area is 201 Å². The van der Waals surface area contributed by atoms with Crippen LogP contribution < -0.4 is 10.1 Å². The third-order valence-electron chi connectivity index (χ3n) is 7.44. The Kier molecular flexibility index (Phi) is 6.57. The molecule has 180 valence electrons. The number of para-hydroxylation sites is 1. The highest BCUT2D eigenvalue weighted by atomic mass is 16.5. The molecule has 7 heteroatoms. The predicted molar refractivity (Wildman–Crippen MR) is 130 cm³/mol. The van der Waals surface area contributed by atoms with Gasteiger partial charge in [-0.2, -0.15) is 0 Å². The van der Waals surface area contributed by atoms with Crippen molar-refractivity contribution < 1.29 is 19.1 Å². The average molecular weight is 464 g/mol. The molecule has 2 aromatic rings. The van der Waals surface area contributed by atoms with Crippen molar-refractivity contribution >= 4 is 11.8 Å². The summed E-state index contributed by atoms with van der Waals surface area (Å²) in [4.78, 5) is 30.0. The number of hydrogen-bond donors (Lipinski definition) is 1. The van der Waals surface area contributed by atoms with Crippen LogP contribution in [0.15, 0.2) is 42.5 Å². The predicted octanol–water partition coefficient (Wildman–Crippen LogP) is 2.59. The van der Waals surface area contributed by atoms with Crippen molar-refractivity contribution in [2.45, 2.75) is 31.4 Å². The van der Waals surface area contributed by atoms with E-state index in [9.17, 15) is 9.59 Å². The number of nitrogens with zero attached hydrogens (tertiary/aromatic N) is 2. The Hall–Kier alpha value is -2.90. The first-order chi connectivity index (χ1) is 16.5. The summed E-state index contributed by atoms with van der Waals surface area (Å²) in [5, 5.41) is 3.27. The van der Waals surface area contributed by atoms with E-state index in [2.05, 4.69) is 10.2 Å². The summed E-state index contributed by atoms with van der Waals surface area (Å²) in [6.45, 7) is 4.26. The number of carbonyl (C=O) groups excluding carboxylic acids is 2. The number of likely N-dealkylation sites (N-methyl/N-ethyl adjacent to an activating group) is 1. The fraction of sp³-hybridized carbons (Fsp3) is 0.481. The van der Waals surface area contributed by atoms with Crippen LogP contribution in [0.25, 0.3) is 11.1 Å². The monoisotopic (exact) mass is 463 g/mol. The molecule has 0 saturated carbocycles. The molecule has 4 aliphatic rings. The molecule has 1 unspecified atom stereocenters. The molecule has 0 aromatic heterocycles. The lowest BCUT2D eigenvalue weighted by atomic mass is 9.84. The van der Waals surface area contributed by atoms with E-state index in [0.29, 0.717) is 31.1 Å². The molecule has 2 atom stereocenters. The Morgan fingerprint density at radius 2 is 1.97 bits per heavy atom. The highest BCUT2D eigenvalue weighted by molar-refractivity contribution is 5.95. The number of amides is 2. The fourth-order valence-corrected chi connectivity index (χ4v) is 5.42. The lowest BCUT2D eigenvalue weighted by Gasteiger charge is -2.45. The van der Waals surface area contributed by atoms with E-state index >= 15 is 0 Å². The molecule has 0 radical (unpaired) electrons. The van der Waals surface area contributed by atoms with Crippen LogP contribution >= 0.6 is 0 Å².